The first-order valence-electron chi connectivity index (χ1n) is 6.84. The van der Waals surface area contributed by atoms with Crippen LogP contribution in [0.1, 0.15) is 25.7 Å². The van der Waals surface area contributed by atoms with Gasteiger partial charge in [-0.05, 0) is 50.2 Å². The highest BCUT2D eigenvalue weighted by Crippen LogP contribution is 2.31. The van der Waals surface area contributed by atoms with Gasteiger partial charge in [-0.25, -0.2) is 0 Å². The topological polar surface area (TPSA) is 38.5 Å². The van der Waals surface area contributed by atoms with E-state index in [0.29, 0.717) is 0 Å². The molecule has 0 bridgehead atoms. The van der Waals surface area contributed by atoms with Crippen molar-refractivity contribution in [3.8, 4) is 0 Å². The lowest BCUT2D eigenvalue weighted by atomic mass is 9.90. The minimum atomic E-state index is 0.244. The van der Waals surface area contributed by atoms with Gasteiger partial charge < -0.3 is 10.5 Å². The second-order valence-electron chi connectivity index (χ2n) is 5.48. The molecule has 0 spiro atoms. The Kier molecular flexibility index (Phi) is 5.15. The predicted molar refractivity (Wildman–Crippen MR) is 74.5 cm³/mol. The van der Waals surface area contributed by atoms with Crippen molar-refractivity contribution in [3.63, 3.8) is 0 Å². The maximum Gasteiger partial charge on any atom is 0.0593 e. The smallest absolute Gasteiger partial charge is 0.0593 e. The number of hydrogen-bond acceptors (Lipinski definition) is 4. The van der Waals surface area contributed by atoms with Crippen LogP contribution in [0.15, 0.2) is 0 Å². The maximum atomic E-state index is 6.01. The van der Waals surface area contributed by atoms with Gasteiger partial charge in [-0.3, -0.25) is 4.90 Å². The molecule has 1 aliphatic heterocycles. The average Bonchev–Trinajstić information content (AvgIpc) is 3.19. The lowest BCUT2D eigenvalue weighted by Crippen LogP contribution is -2.55. The summed E-state index contributed by atoms with van der Waals surface area (Å²) < 4.78 is 5.72. The molecular weight excluding hydrogens is 232 g/mol. The van der Waals surface area contributed by atoms with Crippen molar-refractivity contribution in [2.75, 3.05) is 44.9 Å². The summed E-state index contributed by atoms with van der Waals surface area (Å²) >= 11 is 2.06. The summed E-state index contributed by atoms with van der Waals surface area (Å²) in [5.41, 5.74) is 6.25. The highest BCUT2D eigenvalue weighted by Gasteiger charge is 2.34. The third-order valence-corrected chi connectivity index (χ3v) is 5.22. The fourth-order valence-corrected chi connectivity index (χ4v) is 3.72. The van der Waals surface area contributed by atoms with Gasteiger partial charge in [-0.2, -0.15) is 11.8 Å². The van der Waals surface area contributed by atoms with Crippen molar-refractivity contribution in [1.29, 1.82) is 0 Å². The Bertz CT molecular complexity index is 227. The van der Waals surface area contributed by atoms with Gasteiger partial charge in [-0.1, -0.05) is 0 Å². The zero-order chi connectivity index (χ0) is 12.1. The van der Waals surface area contributed by atoms with Crippen LogP contribution in [0, 0.1) is 5.92 Å². The van der Waals surface area contributed by atoms with E-state index in [1.807, 2.05) is 0 Å². The van der Waals surface area contributed by atoms with E-state index in [9.17, 15) is 0 Å². The van der Waals surface area contributed by atoms with Crippen LogP contribution in [0.3, 0.4) is 0 Å². The standard InChI is InChI=1S/C13H26N2OS/c1-15(6-7-16-10-12-2-3-12)13(11-14)4-8-17-9-5-13/h12H,2-11,14H2,1H3. The summed E-state index contributed by atoms with van der Waals surface area (Å²) in [5, 5.41) is 0. The van der Waals surface area contributed by atoms with E-state index < -0.39 is 0 Å². The van der Waals surface area contributed by atoms with Gasteiger partial charge in [0, 0.05) is 25.2 Å². The summed E-state index contributed by atoms with van der Waals surface area (Å²) in [7, 11) is 2.21. The summed E-state index contributed by atoms with van der Waals surface area (Å²) in [6, 6.07) is 0. The van der Waals surface area contributed by atoms with Crippen LogP contribution < -0.4 is 5.73 Å². The Morgan fingerprint density at radius 3 is 2.65 bits per heavy atom. The maximum absolute atomic E-state index is 6.01. The van der Waals surface area contributed by atoms with Gasteiger partial charge in [0.15, 0.2) is 0 Å². The summed E-state index contributed by atoms with van der Waals surface area (Å²) in [5.74, 6) is 3.38. The molecule has 4 heteroatoms. The van der Waals surface area contributed by atoms with Crippen LogP contribution in [0.5, 0.6) is 0 Å². The summed E-state index contributed by atoms with van der Waals surface area (Å²) in [4.78, 5) is 2.44. The summed E-state index contributed by atoms with van der Waals surface area (Å²) in [6.07, 6.45) is 5.21. The molecule has 0 unspecified atom stereocenters. The second-order valence-corrected chi connectivity index (χ2v) is 6.71. The van der Waals surface area contributed by atoms with E-state index in [1.165, 1.54) is 37.2 Å². The number of nitrogens with two attached hydrogens (primary N) is 1. The molecule has 0 radical (unpaired) electrons. The minimum Gasteiger partial charge on any atom is -0.380 e. The highest BCUT2D eigenvalue weighted by molar-refractivity contribution is 7.99. The van der Waals surface area contributed by atoms with Crippen molar-refractivity contribution in [2.24, 2.45) is 11.7 Å². The van der Waals surface area contributed by atoms with E-state index in [0.717, 1.165) is 32.2 Å². The Morgan fingerprint density at radius 2 is 2.06 bits per heavy atom. The summed E-state index contributed by atoms with van der Waals surface area (Å²) in [6.45, 7) is 3.64. The number of hydrogen-bond donors (Lipinski definition) is 1. The Labute approximate surface area is 109 Å². The van der Waals surface area contributed by atoms with Crippen molar-refractivity contribution < 1.29 is 4.74 Å². The predicted octanol–water partition coefficient (Wildman–Crippen LogP) is 1.57. The van der Waals surface area contributed by atoms with Crippen LogP contribution in [0.4, 0.5) is 0 Å². The van der Waals surface area contributed by atoms with Crippen LogP contribution in [-0.4, -0.2) is 55.3 Å². The molecule has 0 aromatic rings. The highest BCUT2D eigenvalue weighted by atomic mass is 32.2. The number of rotatable bonds is 7. The lowest BCUT2D eigenvalue weighted by Gasteiger charge is -2.43. The monoisotopic (exact) mass is 258 g/mol. The number of nitrogens with zero attached hydrogens (tertiary/aromatic N) is 1. The normalized spacial score (nSPS) is 24.2. The number of thioether (sulfide) groups is 1. The molecule has 0 atom stereocenters. The molecule has 1 saturated carbocycles. The minimum absolute atomic E-state index is 0.244. The van der Waals surface area contributed by atoms with Crippen molar-refractivity contribution >= 4 is 11.8 Å². The zero-order valence-electron chi connectivity index (χ0n) is 11.0. The van der Waals surface area contributed by atoms with Gasteiger partial charge in [-0.15, -0.1) is 0 Å². The molecule has 2 aliphatic rings. The molecule has 1 heterocycles. The second kappa shape index (κ2) is 6.41. The van der Waals surface area contributed by atoms with Crippen LogP contribution in [0.25, 0.3) is 0 Å². The molecule has 3 nitrogen and oxygen atoms in total. The molecule has 1 aliphatic carbocycles. The van der Waals surface area contributed by atoms with Crippen LogP contribution >= 0.6 is 11.8 Å². The van der Waals surface area contributed by atoms with Gasteiger partial charge in [0.25, 0.3) is 0 Å². The fourth-order valence-electron chi connectivity index (χ4n) is 2.47. The molecule has 0 aromatic carbocycles. The molecule has 17 heavy (non-hydrogen) atoms. The molecular formula is C13H26N2OS. The number of likely N-dealkylation sites (N-methyl/N-ethyl adjacent to an activating group) is 1. The Balaban J connectivity index is 1.69. The fraction of sp³-hybridized carbons (Fsp3) is 1.00. The molecule has 0 amide bonds. The SMILES string of the molecule is CN(CCOCC1CC1)C1(CN)CCSCC1. The quantitative estimate of drug-likeness (QED) is 0.704. The third-order valence-electron chi connectivity index (χ3n) is 4.23. The third kappa shape index (κ3) is 3.85. The zero-order valence-corrected chi connectivity index (χ0v) is 11.8. The van der Waals surface area contributed by atoms with Crippen molar-refractivity contribution in [3.05, 3.63) is 0 Å². The molecule has 0 aromatic heterocycles. The molecule has 1 saturated heterocycles. The van der Waals surface area contributed by atoms with Gasteiger partial charge in [0.05, 0.1) is 6.61 Å². The largest absolute Gasteiger partial charge is 0.380 e. The van der Waals surface area contributed by atoms with E-state index in [2.05, 4.69) is 23.7 Å². The average molecular weight is 258 g/mol. The first-order chi connectivity index (χ1) is 8.27. The van der Waals surface area contributed by atoms with Crippen LogP contribution in [0.2, 0.25) is 0 Å². The molecule has 2 fully saturated rings. The van der Waals surface area contributed by atoms with Gasteiger partial charge in [0.2, 0.25) is 0 Å². The first-order valence-corrected chi connectivity index (χ1v) is 7.99. The van der Waals surface area contributed by atoms with Crippen molar-refractivity contribution in [2.45, 2.75) is 31.2 Å². The van der Waals surface area contributed by atoms with E-state index in [-0.39, 0.29) is 5.54 Å². The molecule has 2 rings (SSSR count). The van der Waals surface area contributed by atoms with Gasteiger partial charge in [0.1, 0.15) is 0 Å². The van der Waals surface area contributed by atoms with E-state index in [4.69, 9.17) is 10.5 Å². The van der Waals surface area contributed by atoms with Crippen LogP contribution in [-0.2, 0) is 4.74 Å². The Morgan fingerprint density at radius 1 is 1.35 bits per heavy atom. The van der Waals surface area contributed by atoms with Crippen molar-refractivity contribution in [1.82, 2.24) is 4.90 Å². The van der Waals surface area contributed by atoms with E-state index in [1.54, 1.807) is 0 Å². The molecule has 100 valence electrons. The molecule has 2 N–H and O–H groups in total. The van der Waals surface area contributed by atoms with Gasteiger partial charge >= 0.3 is 0 Å². The van der Waals surface area contributed by atoms with E-state index >= 15 is 0 Å². The first kappa shape index (κ1) is 13.7. The lowest BCUT2D eigenvalue weighted by molar-refractivity contribution is 0.0546. The number of ether oxygens (including phenoxy) is 1. The Hall–Kier alpha value is 0.230.